The molecule has 0 aliphatic carbocycles. The first-order valence-electron chi connectivity index (χ1n) is 5.03. The number of unbranched alkanes of at least 4 members (excludes halogenated alkanes) is 1. The number of alkyl halides is 1. The lowest BCUT2D eigenvalue weighted by Gasteiger charge is -2.13. The maximum atomic E-state index is 8.42. The Labute approximate surface area is 109 Å². The summed E-state index contributed by atoms with van der Waals surface area (Å²) in [5.41, 5.74) is 2.03. The van der Waals surface area contributed by atoms with Crippen LogP contribution < -0.4 is 4.74 Å². The summed E-state index contributed by atoms with van der Waals surface area (Å²) in [5, 5.41) is 8.42. The predicted octanol–water partition coefficient (Wildman–Crippen LogP) is 4.18. The third kappa shape index (κ3) is 3.70. The van der Waals surface area contributed by atoms with Crippen LogP contribution in [0.2, 0.25) is 0 Å². The van der Waals surface area contributed by atoms with Gasteiger partial charge in [0.15, 0.2) is 0 Å². The van der Waals surface area contributed by atoms with Gasteiger partial charge in [0.05, 0.1) is 18.6 Å². The molecular formula is C12H13BrClNO. The van der Waals surface area contributed by atoms with Crippen molar-refractivity contribution in [2.45, 2.75) is 25.6 Å². The average molecular weight is 303 g/mol. The van der Waals surface area contributed by atoms with Crippen LogP contribution >= 0.6 is 27.5 Å². The number of hydrogen-bond acceptors (Lipinski definition) is 2. The fourth-order valence-corrected chi connectivity index (χ4v) is 2.25. The number of benzene rings is 1. The van der Waals surface area contributed by atoms with Crippen molar-refractivity contribution in [3.05, 3.63) is 27.7 Å². The minimum atomic E-state index is 0.424. The van der Waals surface area contributed by atoms with Gasteiger partial charge in [-0.2, -0.15) is 5.26 Å². The number of hydrogen-bond donors (Lipinski definition) is 0. The smallest absolute Gasteiger partial charge is 0.126 e. The number of nitriles is 1. The molecule has 0 atom stereocenters. The maximum Gasteiger partial charge on any atom is 0.126 e. The quantitative estimate of drug-likeness (QED) is 0.604. The Bertz CT molecular complexity index is 401. The zero-order valence-electron chi connectivity index (χ0n) is 9.09. The minimum Gasteiger partial charge on any atom is -0.493 e. The largest absolute Gasteiger partial charge is 0.493 e. The summed E-state index contributed by atoms with van der Waals surface area (Å²) in [6.45, 7) is 2.54. The molecule has 1 aromatic carbocycles. The van der Waals surface area contributed by atoms with Crippen molar-refractivity contribution in [3.63, 3.8) is 0 Å². The fourth-order valence-electron chi connectivity index (χ4n) is 1.43. The molecule has 0 aromatic heterocycles. The van der Waals surface area contributed by atoms with E-state index in [1.165, 1.54) is 0 Å². The molecule has 0 heterocycles. The Morgan fingerprint density at radius 3 is 2.88 bits per heavy atom. The van der Waals surface area contributed by atoms with Gasteiger partial charge in [-0.25, -0.2) is 0 Å². The van der Waals surface area contributed by atoms with Crippen LogP contribution in [0.5, 0.6) is 5.75 Å². The van der Waals surface area contributed by atoms with Crippen molar-refractivity contribution in [3.8, 4) is 11.8 Å². The lowest BCUT2D eigenvalue weighted by Crippen LogP contribution is -2.01. The fraction of sp³-hybridized carbons (Fsp3) is 0.417. The number of nitrogens with zero attached hydrogens (tertiary/aromatic N) is 1. The van der Waals surface area contributed by atoms with Gasteiger partial charge in [-0.1, -0.05) is 15.9 Å². The Morgan fingerprint density at radius 1 is 1.50 bits per heavy atom. The van der Waals surface area contributed by atoms with Crippen LogP contribution in [0.25, 0.3) is 0 Å². The summed E-state index contributed by atoms with van der Waals surface area (Å²) < 4.78 is 6.66. The monoisotopic (exact) mass is 301 g/mol. The van der Waals surface area contributed by atoms with Gasteiger partial charge in [-0.3, -0.25) is 0 Å². The van der Waals surface area contributed by atoms with Crippen LogP contribution in [0, 0.1) is 18.3 Å². The van der Waals surface area contributed by atoms with E-state index in [2.05, 4.69) is 22.0 Å². The summed E-state index contributed by atoms with van der Waals surface area (Å²) in [4.78, 5) is 0. The first-order chi connectivity index (χ1) is 7.69. The molecule has 0 amide bonds. The SMILES string of the molecule is Cc1cc(Br)cc(CCl)c1OCCCC#N. The molecule has 0 unspecified atom stereocenters. The number of aryl methyl sites for hydroxylation is 1. The second kappa shape index (κ2) is 6.78. The van der Waals surface area contributed by atoms with E-state index in [1.807, 2.05) is 19.1 Å². The van der Waals surface area contributed by atoms with Crippen molar-refractivity contribution < 1.29 is 4.74 Å². The highest BCUT2D eigenvalue weighted by Gasteiger charge is 2.08. The van der Waals surface area contributed by atoms with Crippen LogP contribution in [0.4, 0.5) is 0 Å². The number of halogens is 2. The van der Waals surface area contributed by atoms with Gasteiger partial charge >= 0.3 is 0 Å². The summed E-state index contributed by atoms with van der Waals surface area (Å²) in [6.07, 6.45) is 1.26. The molecule has 0 N–H and O–H groups in total. The second-order valence-corrected chi connectivity index (χ2v) is 4.64. The highest BCUT2D eigenvalue weighted by Crippen LogP contribution is 2.29. The first-order valence-corrected chi connectivity index (χ1v) is 6.36. The molecule has 0 aliphatic rings. The van der Waals surface area contributed by atoms with Gasteiger partial charge in [0, 0.05) is 16.5 Å². The Kier molecular flexibility index (Phi) is 5.65. The Morgan fingerprint density at radius 2 is 2.25 bits per heavy atom. The van der Waals surface area contributed by atoms with Crippen LogP contribution in [-0.2, 0) is 5.88 Å². The van der Waals surface area contributed by atoms with E-state index in [9.17, 15) is 0 Å². The van der Waals surface area contributed by atoms with E-state index in [0.717, 1.165) is 27.8 Å². The molecule has 0 aliphatic heterocycles. The molecular weight excluding hydrogens is 289 g/mol. The van der Waals surface area contributed by atoms with Gasteiger partial charge in [0.1, 0.15) is 5.75 Å². The number of ether oxygens (including phenoxy) is 1. The highest BCUT2D eigenvalue weighted by molar-refractivity contribution is 9.10. The normalized spacial score (nSPS) is 9.88. The van der Waals surface area contributed by atoms with Crippen molar-refractivity contribution in [2.24, 2.45) is 0 Å². The van der Waals surface area contributed by atoms with Crippen LogP contribution in [0.3, 0.4) is 0 Å². The van der Waals surface area contributed by atoms with E-state index in [4.69, 9.17) is 21.6 Å². The molecule has 4 heteroatoms. The van der Waals surface area contributed by atoms with Gasteiger partial charge in [0.25, 0.3) is 0 Å². The van der Waals surface area contributed by atoms with E-state index in [1.54, 1.807) is 0 Å². The third-order valence-corrected chi connectivity index (χ3v) is 2.89. The second-order valence-electron chi connectivity index (χ2n) is 3.45. The zero-order valence-corrected chi connectivity index (χ0v) is 11.4. The molecule has 0 saturated carbocycles. The predicted molar refractivity (Wildman–Crippen MR) is 68.8 cm³/mol. The van der Waals surface area contributed by atoms with Crippen molar-refractivity contribution in [2.75, 3.05) is 6.61 Å². The highest BCUT2D eigenvalue weighted by atomic mass is 79.9. The van der Waals surface area contributed by atoms with Gasteiger partial charge in [-0.15, -0.1) is 11.6 Å². The van der Waals surface area contributed by atoms with Crippen LogP contribution in [0.15, 0.2) is 16.6 Å². The van der Waals surface area contributed by atoms with Gasteiger partial charge < -0.3 is 4.74 Å². The molecule has 1 aromatic rings. The molecule has 1 rings (SSSR count). The average Bonchev–Trinajstić information content (AvgIpc) is 2.26. The topological polar surface area (TPSA) is 33.0 Å². The van der Waals surface area contributed by atoms with E-state index in [0.29, 0.717) is 18.9 Å². The lowest BCUT2D eigenvalue weighted by molar-refractivity contribution is 0.308. The van der Waals surface area contributed by atoms with Crippen LogP contribution in [-0.4, -0.2) is 6.61 Å². The van der Waals surface area contributed by atoms with Crippen molar-refractivity contribution >= 4 is 27.5 Å². The third-order valence-electron chi connectivity index (χ3n) is 2.14. The minimum absolute atomic E-state index is 0.424. The summed E-state index contributed by atoms with van der Waals surface area (Å²) in [6, 6.07) is 6.05. The molecule has 0 saturated heterocycles. The lowest BCUT2D eigenvalue weighted by atomic mass is 10.1. The molecule has 0 radical (unpaired) electrons. The zero-order chi connectivity index (χ0) is 12.0. The van der Waals surface area contributed by atoms with E-state index < -0.39 is 0 Å². The molecule has 16 heavy (non-hydrogen) atoms. The maximum absolute atomic E-state index is 8.42. The molecule has 0 bridgehead atoms. The summed E-state index contributed by atoms with van der Waals surface area (Å²) in [7, 11) is 0. The summed E-state index contributed by atoms with van der Waals surface area (Å²) >= 11 is 9.29. The van der Waals surface area contributed by atoms with Crippen LogP contribution in [0.1, 0.15) is 24.0 Å². The van der Waals surface area contributed by atoms with E-state index >= 15 is 0 Å². The molecule has 86 valence electrons. The van der Waals surface area contributed by atoms with Gasteiger partial charge in [0.2, 0.25) is 0 Å². The van der Waals surface area contributed by atoms with E-state index in [-0.39, 0.29) is 0 Å². The number of rotatable bonds is 5. The Hall–Kier alpha value is -0.720. The molecule has 0 spiro atoms. The van der Waals surface area contributed by atoms with Gasteiger partial charge in [-0.05, 0) is 31.0 Å². The first kappa shape index (κ1) is 13.3. The summed E-state index contributed by atoms with van der Waals surface area (Å²) in [5.74, 6) is 1.27. The standard InChI is InChI=1S/C12H13BrClNO/c1-9-6-11(13)7-10(8-14)12(9)16-5-3-2-4-15/h6-7H,2-3,5,8H2,1H3. The van der Waals surface area contributed by atoms with Crippen molar-refractivity contribution in [1.82, 2.24) is 0 Å². The van der Waals surface area contributed by atoms with Crippen molar-refractivity contribution in [1.29, 1.82) is 5.26 Å². The molecule has 0 fully saturated rings. The molecule has 2 nitrogen and oxygen atoms in total. The Balaban J connectivity index is 2.74.